The molecule has 0 spiro atoms. The second-order valence-corrected chi connectivity index (χ2v) is 7.91. The molecule has 4 aromatic rings. The van der Waals surface area contributed by atoms with Crippen LogP contribution in [0.2, 0.25) is 5.02 Å². The number of hydrogen-bond acceptors (Lipinski definition) is 3. The van der Waals surface area contributed by atoms with Crippen LogP contribution in [0.4, 0.5) is 0 Å². The fraction of sp³-hybridized carbons (Fsp3) is 0.318. The zero-order valence-corrected chi connectivity index (χ0v) is 16.5. The Labute approximate surface area is 169 Å². The van der Waals surface area contributed by atoms with Crippen LogP contribution in [0.5, 0.6) is 0 Å². The number of rotatable bonds is 5. The Morgan fingerprint density at radius 3 is 2.79 bits per heavy atom. The molecule has 2 aromatic carbocycles. The lowest BCUT2D eigenvalue weighted by Gasteiger charge is -2.27. The molecule has 0 aliphatic carbocycles. The van der Waals surface area contributed by atoms with Gasteiger partial charge in [-0.05, 0) is 55.4 Å². The molecule has 144 valence electrons. The second kappa shape index (κ2) is 7.59. The number of halogens is 1. The number of aromatic nitrogens is 3. The molecule has 0 amide bonds. The van der Waals surface area contributed by atoms with E-state index in [2.05, 4.69) is 50.2 Å². The highest BCUT2D eigenvalue weighted by molar-refractivity contribution is 6.31. The number of hydrogen-bond donors (Lipinski definition) is 2. The predicted octanol–water partition coefficient (Wildman–Crippen LogP) is 4.13. The lowest BCUT2D eigenvalue weighted by Crippen LogP contribution is -2.43. The minimum absolute atomic E-state index is 0.719. The molecular weight excluding hydrogens is 370 g/mol. The van der Waals surface area contributed by atoms with Crippen LogP contribution >= 0.6 is 11.6 Å². The molecule has 2 aromatic heterocycles. The number of aryl methyl sites for hydroxylation is 1. The Hall–Kier alpha value is -2.34. The molecule has 0 unspecified atom stereocenters. The molecule has 5 rings (SSSR count). The van der Waals surface area contributed by atoms with Gasteiger partial charge in [-0.3, -0.25) is 0 Å². The zero-order valence-electron chi connectivity index (χ0n) is 15.8. The first kappa shape index (κ1) is 17.7. The van der Waals surface area contributed by atoms with E-state index in [4.69, 9.17) is 16.6 Å². The van der Waals surface area contributed by atoms with Crippen molar-refractivity contribution < 1.29 is 0 Å². The molecule has 6 heteroatoms. The minimum atomic E-state index is 0.719. The van der Waals surface area contributed by atoms with E-state index in [1.807, 2.05) is 18.2 Å². The maximum absolute atomic E-state index is 6.09. The number of benzene rings is 2. The summed E-state index contributed by atoms with van der Waals surface area (Å²) in [7, 11) is 0. The topological polar surface area (TPSA) is 48.9 Å². The van der Waals surface area contributed by atoms with E-state index in [1.165, 1.54) is 37.0 Å². The van der Waals surface area contributed by atoms with Gasteiger partial charge in [-0.2, -0.15) is 0 Å². The summed E-state index contributed by atoms with van der Waals surface area (Å²) in [5.41, 5.74) is 4.28. The third-order valence-corrected chi connectivity index (χ3v) is 5.81. The highest BCUT2D eigenvalue weighted by atomic mass is 35.5. The van der Waals surface area contributed by atoms with Crippen LogP contribution < -0.4 is 5.32 Å². The molecule has 1 aliphatic heterocycles. The Balaban J connectivity index is 1.33. The molecule has 1 fully saturated rings. The standard InChI is InChI=1S/C22H24ClN5/c23-18-3-4-19-20(15-18)26-22(25-19)17-2-5-21-16(14-17)6-11-28(21)10-1-9-27-12-7-24-8-13-27/h2-6,11,14-15,24H,1,7-10,12-13H2,(H,25,26). The summed E-state index contributed by atoms with van der Waals surface area (Å²) >= 11 is 6.09. The predicted molar refractivity (Wildman–Crippen MR) is 116 cm³/mol. The van der Waals surface area contributed by atoms with Crippen molar-refractivity contribution in [1.82, 2.24) is 24.8 Å². The number of piperazine rings is 1. The maximum Gasteiger partial charge on any atom is 0.138 e. The lowest BCUT2D eigenvalue weighted by atomic mass is 10.1. The van der Waals surface area contributed by atoms with Gasteiger partial charge in [-0.25, -0.2) is 4.98 Å². The van der Waals surface area contributed by atoms with Gasteiger partial charge < -0.3 is 19.8 Å². The van der Waals surface area contributed by atoms with Gasteiger partial charge in [-0.1, -0.05) is 11.6 Å². The smallest absolute Gasteiger partial charge is 0.138 e. The molecule has 0 atom stereocenters. The van der Waals surface area contributed by atoms with Crippen LogP contribution in [0.1, 0.15) is 6.42 Å². The largest absolute Gasteiger partial charge is 0.347 e. The van der Waals surface area contributed by atoms with Crippen LogP contribution in [-0.4, -0.2) is 52.2 Å². The van der Waals surface area contributed by atoms with Crippen molar-refractivity contribution in [3.05, 3.63) is 53.7 Å². The summed E-state index contributed by atoms with van der Waals surface area (Å²) in [6, 6.07) is 14.5. The second-order valence-electron chi connectivity index (χ2n) is 7.47. The van der Waals surface area contributed by atoms with Crippen molar-refractivity contribution in [2.45, 2.75) is 13.0 Å². The Kier molecular flexibility index (Phi) is 4.81. The molecule has 28 heavy (non-hydrogen) atoms. The van der Waals surface area contributed by atoms with Gasteiger partial charge in [0.2, 0.25) is 0 Å². The molecule has 0 saturated carbocycles. The van der Waals surface area contributed by atoms with Crippen molar-refractivity contribution in [2.24, 2.45) is 0 Å². The van der Waals surface area contributed by atoms with E-state index in [0.717, 1.165) is 47.1 Å². The van der Waals surface area contributed by atoms with Gasteiger partial charge >= 0.3 is 0 Å². The quantitative estimate of drug-likeness (QED) is 0.536. The molecular formula is C22H24ClN5. The normalized spacial score (nSPS) is 15.6. The van der Waals surface area contributed by atoms with E-state index < -0.39 is 0 Å². The third-order valence-electron chi connectivity index (χ3n) is 5.57. The maximum atomic E-state index is 6.09. The van der Waals surface area contributed by atoms with Gasteiger partial charge in [-0.15, -0.1) is 0 Å². The van der Waals surface area contributed by atoms with Crippen LogP contribution in [0.25, 0.3) is 33.3 Å². The number of nitrogens with one attached hydrogen (secondary N) is 2. The highest BCUT2D eigenvalue weighted by Gasteiger charge is 2.10. The van der Waals surface area contributed by atoms with Gasteiger partial charge in [0.25, 0.3) is 0 Å². The summed E-state index contributed by atoms with van der Waals surface area (Å²) < 4.78 is 2.36. The number of imidazole rings is 1. The third kappa shape index (κ3) is 3.53. The van der Waals surface area contributed by atoms with Gasteiger partial charge in [0.1, 0.15) is 5.82 Å². The zero-order chi connectivity index (χ0) is 18.9. The van der Waals surface area contributed by atoms with E-state index in [1.54, 1.807) is 0 Å². The SMILES string of the molecule is Clc1ccc2nc(-c3ccc4c(ccn4CCCN4CCNCC4)c3)[nH]c2c1. The summed E-state index contributed by atoms with van der Waals surface area (Å²) in [6.07, 6.45) is 3.38. The first-order valence-corrected chi connectivity index (χ1v) is 10.3. The molecule has 0 radical (unpaired) electrons. The van der Waals surface area contributed by atoms with Crippen molar-refractivity contribution in [2.75, 3.05) is 32.7 Å². The number of H-pyrrole nitrogens is 1. The molecule has 0 bridgehead atoms. The van der Waals surface area contributed by atoms with E-state index in [-0.39, 0.29) is 0 Å². The number of fused-ring (bicyclic) bond motifs is 2. The van der Waals surface area contributed by atoms with E-state index in [9.17, 15) is 0 Å². The van der Waals surface area contributed by atoms with E-state index >= 15 is 0 Å². The molecule has 1 aliphatic rings. The van der Waals surface area contributed by atoms with Gasteiger partial charge in [0, 0.05) is 60.4 Å². The summed E-state index contributed by atoms with van der Waals surface area (Å²) in [6.45, 7) is 6.78. The first-order valence-electron chi connectivity index (χ1n) is 9.94. The minimum Gasteiger partial charge on any atom is -0.347 e. The van der Waals surface area contributed by atoms with Crippen LogP contribution in [0.15, 0.2) is 48.7 Å². The van der Waals surface area contributed by atoms with Crippen LogP contribution in [-0.2, 0) is 6.54 Å². The molecule has 3 heterocycles. The lowest BCUT2D eigenvalue weighted by molar-refractivity contribution is 0.235. The van der Waals surface area contributed by atoms with Crippen LogP contribution in [0.3, 0.4) is 0 Å². The average Bonchev–Trinajstić information content (AvgIpc) is 3.32. The molecule has 5 nitrogen and oxygen atoms in total. The van der Waals surface area contributed by atoms with Crippen molar-refractivity contribution in [1.29, 1.82) is 0 Å². The fourth-order valence-corrected chi connectivity index (χ4v) is 4.23. The van der Waals surface area contributed by atoms with E-state index in [0.29, 0.717) is 0 Å². The number of nitrogens with zero attached hydrogens (tertiary/aromatic N) is 3. The molecule has 2 N–H and O–H groups in total. The van der Waals surface area contributed by atoms with Crippen molar-refractivity contribution in [3.8, 4) is 11.4 Å². The average molecular weight is 394 g/mol. The van der Waals surface area contributed by atoms with Crippen molar-refractivity contribution >= 4 is 33.5 Å². The first-order chi connectivity index (χ1) is 13.8. The van der Waals surface area contributed by atoms with Crippen LogP contribution in [0, 0.1) is 0 Å². The van der Waals surface area contributed by atoms with Gasteiger partial charge in [0.05, 0.1) is 11.0 Å². The monoisotopic (exact) mass is 393 g/mol. The Morgan fingerprint density at radius 2 is 1.89 bits per heavy atom. The summed E-state index contributed by atoms with van der Waals surface area (Å²) in [4.78, 5) is 10.6. The van der Waals surface area contributed by atoms with Gasteiger partial charge in [0.15, 0.2) is 0 Å². The Bertz CT molecular complexity index is 1110. The molecule has 1 saturated heterocycles. The number of aromatic amines is 1. The highest BCUT2D eigenvalue weighted by Crippen LogP contribution is 2.26. The Morgan fingerprint density at radius 1 is 1.00 bits per heavy atom. The summed E-state index contributed by atoms with van der Waals surface area (Å²) in [5, 5.41) is 5.38. The fourth-order valence-electron chi connectivity index (χ4n) is 4.06. The van der Waals surface area contributed by atoms with Crippen molar-refractivity contribution in [3.63, 3.8) is 0 Å². The summed E-state index contributed by atoms with van der Waals surface area (Å²) in [5.74, 6) is 0.880.